The lowest BCUT2D eigenvalue weighted by atomic mass is 10.0. The molecule has 1 aliphatic rings. The van der Waals surface area contributed by atoms with Gasteiger partial charge in [-0.05, 0) is 23.3 Å². The summed E-state index contributed by atoms with van der Waals surface area (Å²) in [6.07, 6.45) is 4.35. The Hall–Kier alpha value is -2.88. The number of rotatable bonds is 6. The zero-order chi connectivity index (χ0) is 19.9. The lowest BCUT2D eigenvalue weighted by molar-refractivity contribution is -0.938. The van der Waals surface area contributed by atoms with E-state index in [1.54, 1.807) is 4.90 Å². The summed E-state index contributed by atoms with van der Waals surface area (Å²) in [5, 5.41) is 0. The van der Waals surface area contributed by atoms with Crippen molar-refractivity contribution >= 4 is 17.8 Å². The average molecular weight is 386 g/mol. The Labute approximate surface area is 174 Å². The summed E-state index contributed by atoms with van der Waals surface area (Å²) >= 11 is 0. The van der Waals surface area contributed by atoms with Crippen LogP contribution in [0.4, 0.5) is 5.69 Å². The molecule has 148 valence electrons. The van der Waals surface area contributed by atoms with Crippen molar-refractivity contribution in [2.75, 3.05) is 37.6 Å². The van der Waals surface area contributed by atoms with E-state index in [2.05, 4.69) is 102 Å². The Morgan fingerprint density at radius 1 is 0.759 bits per heavy atom. The molecule has 0 saturated carbocycles. The van der Waals surface area contributed by atoms with E-state index >= 15 is 0 Å². The molecule has 3 aromatic rings. The predicted octanol–water partition coefficient (Wildman–Crippen LogP) is 2.55. The monoisotopic (exact) mass is 385 g/mol. The molecule has 3 aromatic carbocycles. The lowest BCUT2D eigenvalue weighted by Crippen LogP contribution is -3.16. The minimum Gasteiger partial charge on any atom is -0.360 e. The Balaban J connectivity index is 1.39. The summed E-state index contributed by atoms with van der Waals surface area (Å²) < 4.78 is 0. The van der Waals surface area contributed by atoms with Crippen molar-refractivity contribution in [2.45, 2.75) is 6.04 Å². The maximum atomic E-state index is 4.26. The van der Waals surface area contributed by atoms with Gasteiger partial charge in [-0.3, -0.25) is 0 Å². The van der Waals surface area contributed by atoms with Gasteiger partial charge < -0.3 is 15.5 Å². The second-order valence-electron chi connectivity index (χ2n) is 7.73. The SMILES string of the molecule is [NH3+]C[C@@H](c1ccc(/C=C\c2ccccc2)cc1)[NH+]1CCN(c2ccccc2)CC1. The molecule has 3 nitrogen and oxygen atoms in total. The maximum Gasteiger partial charge on any atom is 0.163 e. The van der Waals surface area contributed by atoms with Gasteiger partial charge in [-0.15, -0.1) is 0 Å². The molecule has 1 atom stereocenters. The van der Waals surface area contributed by atoms with Gasteiger partial charge in [0.1, 0.15) is 6.54 Å². The molecule has 0 radical (unpaired) electrons. The maximum absolute atomic E-state index is 4.26. The zero-order valence-corrected chi connectivity index (χ0v) is 17.0. The van der Waals surface area contributed by atoms with Crippen molar-refractivity contribution < 1.29 is 10.6 Å². The second kappa shape index (κ2) is 9.55. The van der Waals surface area contributed by atoms with Crippen LogP contribution in [0.5, 0.6) is 0 Å². The molecule has 1 fully saturated rings. The third-order valence-corrected chi connectivity index (χ3v) is 5.92. The highest BCUT2D eigenvalue weighted by atomic mass is 15.3. The summed E-state index contributed by atoms with van der Waals surface area (Å²) in [6, 6.07) is 30.7. The van der Waals surface area contributed by atoms with Gasteiger partial charge in [0.25, 0.3) is 0 Å². The molecule has 4 rings (SSSR count). The highest BCUT2D eigenvalue weighted by Crippen LogP contribution is 2.16. The number of benzene rings is 3. The molecule has 0 bridgehead atoms. The normalized spacial score (nSPS) is 16.2. The van der Waals surface area contributed by atoms with Crippen LogP contribution in [0.2, 0.25) is 0 Å². The Kier molecular flexibility index (Phi) is 6.40. The van der Waals surface area contributed by atoms with E-state index < -0.39 is 0 Å². The topological polar surface area (TPSA) is 35.3 Å². The van der Waals surface area contributed by atoms with Gasteiger partial charge in [-0.1, -0.05) is 84.9 Å². The third-order valence-electron chi connectivity index (χ3n) is 5.92. The number of anilines is 1. The summed E-state index contributed by atoms with van der Waals surface area (Å²) in [6.45, 7) is 5.46. The van der Waals surface area contributed by atoms with Gasteiger partial charge in [0, 0.05) is 11.3 Å². The van der Waals surface area contributed by atoms with Crippen molar-refractivity contribution in [1.82, 2.24) is 0 Å². The van der Waals surface area contributed by atoms with Crippen LogP contribution in [0.15, 0.2) is 84.9 Å². The van der Waals surface area contributed by atoms with Crippen LogP contribution in [-0.2, 0) is 0 Å². The van der Waals surface area contributed by atoms with Crippen LogP contribution in [-0.4, -0.2) is 32.7 Å². The van der Waals surface area contributed by atoms with E-state index in [1.807, 2.05) is 6.07 Å². The number of piperazine rings is 1. The molecule has 0 spiro atoms. The number of nitrogens with zero attached hydrogens (tertiary/aromatic N) is 1. The van der Waals surface area contributed by atoms with E-state index in [0.29, 0.717) is 6.04 Å². The lowest BCUT2D eigenvalue weighted by Gasteiger charge is -2.36. The molecule has 29 heavy (non-hydrogen) atoms. The van der Waals surface area contributed by atoms with E-state index in [4.69, 9.17) is 0 Å². The molecule has 1 aliphatic heterocycles. The molecule has 0 unspecified atom stereocenters. The van der Waals surface area contributed by atoms with Crippen LogP contribution >= 0.6 is 0 Å². The first kappa shape index (κ1) is 19.4. The fourth-order valence-electron chi connectivity index (χ4n) is 4.24. The largest absolute Gasteiger partial charge is 0.360 e. The highest BCUT2D eigenvalue weighted by molar-refractivity contribution is 5.69. The van der Waals surface area contributed by atoms with Crippen LogP contribution in [0, 0.1) is 0 Å². The fourth-order valence-corrected chi connectivity index (χ4v) is 4.24. The Morgan fingerprint density at radius 2 is 1.31 bits per heavy atom. The standard InChI is InChI=1S/C26H29N3/c27-21-26(29-19-17-28(18-20-29)25-9-5-2-6-10-25)24-15-13-23(14-16-24)12-11-22-7-3-1-4-8-22/h1-16,26H,17-21,27H2/p+2/b12-11-/t26-/m0/s1. The van der Waals surface area contributed by atoms with Crippen LogP contribution in [0.1, 0.15) is 22.7 Å². The molecule has 0 aliphatic carbocycles. The molecule has 4 N–H and O–H groups in total. The molecular weight excluding hydrogens is 354 g/mol. The quantitative estimate of drug-likeness (QED) is 0.629. The summed E-state index contributed by atoms with van der Waals surface area (Å²) in [5.41, 5.74) is 9.48. The molecule has 0 amide bonds. The van der Waals surface area contributed by atoms with E-state index in [0.717, 1.165) is 32.7 Å². The Bertz CT molecular complexity index is 896. The summed E-state index contributed by atoms with van der Waals surface area (Å²) in [7, 11) is 0. The third kappa shape index (κ3) is 4.94. The smallest absolute Gasteiger partial charge is 0.163 e. The minimum absolute atomic E-state index is 0.472. The number of nitrogens with one attached hydrogen (secondary N) is 1. The van der Waals surface area contributed by atoms with Crippen LogP contribution in [0.25, 0.3) is 12.2 Å². The van der Waals surface area contributed by atoms with Gasteiger partial charge in [-0.2, -0.15) is 0 Å². The van der Waals surface area contributed by atoms with Crippen LogP contribution < -0.4 is 15.5 Å². The van der Waals surface area contributed by atoms with Gasteiger partial charge in [0.05, 0.1) is 26.2 Å². The first-order chi connectivity index (χ1) is 14.3. The number of hydrogen-bond donors (Lipinski definition) is 2. The number of hydrogen-bond acceptors (Lipinski definition) is 1. The van der Waals surface area contributed by atoms with Crippen molar-refractivity contribution in [2.24, 2.45) is 0 Å². The van der Waals surface area contributed by atoms with E-state index in [1.165, 1.54) is 22.4 Å². The molecule has 3 heteroatoms. The van der Waals surface area contributed by atoms with Gasteiger partial charge in [0.2, 0.25) is 0 Å². The molecule has 1 saturated heterocycles. The molecule has 0 aromatic heterocycles. The molecular formula is C26H31N3+2. The van der Waals surface area contributed by atoms with E-state index in [-0.39, 0.29) is 0 Å². The highest BCUT2D eigenvalue weighted by Gasteiger charge is 2.29. The average Bonchev–Trinajstić information content (AvgIpc) is 2.81. The van der Waals surface area contributed by atoms with Crippen molar-refractivity contribution in [3.63, 3.8) is 0 Å². The van der Waals surface area contributed by atoms with Crippen molar-refractivity contribution in [3.05, 3.63) is 102 Å². The summed E-state index contributed by atoms with van der Waals surface area (Å²) in [4.78, 5) is 4.15. The first-order valence-corrected chi connectivity index (χ1v) is 10.6. The Morgan fingerprint density at radius 3 is 1.90 bits per heavy atom. The second-order valence-corrected chi connectivity index (χ2v) is 7.73. The van der Waals surface area contributed by atoms with E-state index in [9.17, 15) is 0 Å². The first-order valence-electron chi connectivity index (χ1n) is 10.6. The predicted molar refractivity (Wildman–Crippen MR) is 122 cm³/mol. The van der Waals surface area contributed by atoms with Gasteiger partial charge >= 0.3 is 0 Å². The van der Waals surface area contributed by atoms with Crippen molar-refractivity contribution in [1.29, 1.82) is 0 Å². The van der Waals surface area contributed by atoms with Gasteiger partial charge in [0.15, 0.2) is 6.04 Å². The number of quaternary nitrogens is 2. The van der Waals surface area contributed by atoms with Crippen molar-refractivity contribution in [3.8, 4) is 0 Å². The summed E-state index contributed by atoms with van der Waals surface area (Å²) in [5.74, 6) is 0. The number of para-hydroxylation sites is 1. The van der Waals surface area contributed by atoms with Crippen LogP contribution in [0.3, 0.4) is 0 Å². The zero-order valence-electron chi connectivity index (χ0n) is 17.0. The van der Waals surface area contributed by atoms with Gasteiger partial charge in [-0.25, -0.2) is 0 Å². The minimum atomic E-state index is 0.472. The fraction of sp³-hybridized carbons (Fsp3) is 0.231. The molecule has 1 heterocycles.